The van der Waals surface area contributed by atoms with Gasteiger partial charge in [0.15, 0.2) is 0 Å². The second-order valence-corrected chi connectivity index (χ2v) is 5.51. The molecule has 0 aliphatic heterocycles. The van der Waals surface area contributed by atoms with Crippen LogP contribution in [-0.4, -0.2) is 18.0 Å². The smallest absolute Gasteiger partial charge is 0.220 e. The van der Waals surface area contributed by atoms with Crippen molar-refractivity contribution in [2.24, 2.45) is 17.6 Å². The van der Waals surface area contributed by atoms with E-state index in [1.807, 2.05) is 13.8 Å². The van der Waals surface area contributed by atoms with Crippen molar-refractivity contribution >= 4 is 5.91 Å². The SMILES string of the molecule is CC(C)C(C)CNC(=O)CCC(C)(C)N. The van der Waals surface area contributed by atoms with E-state index in [9.17, 15) is 4.79 Å². The molecule has 0 spiro atoms. The molecule has 90 valence electrons. The molecule has 1 amide bonds. The fourth-order valence-electron chi connectivity index (χ4n) is 1.03. The molecule has 0 aromatic heterocycles. The third-order valence-corrected chi connectivity index (χ3v) is 2.76. The van der Waals surface area contributed by atoms with Crippen molar-refractivity contribution in [2.75, 3.05) is 6.54 Å². The van der Waals surface area contributed by atoms with E-state index in [4.69, 9.17) is 5.73 Å². The van der Waals surface area contributed by atoms with Gasteiger partial charge in [-0.3, -0.25) is 4.79 Å². The lowest BCUT2D eigenvalue weighted by molar-refractivity contribution is -0.121. The Morgan fingerprint density at radius 1 is 1.33 bits per heavy atom. The van der Waals surface area contributed by atoms with E-state index in [2.05, 4.69) is 26.1 Å². The molecule has 0 bridgehead atoms. The zero-order valence-corrected chi connectivity index (χ0v) is 10.8. The van der Waals surface area contributed by atoms with Crippen LogP contribution in [0.4, 0.5) is 0 Å². The second-order valence-electron chi connectivity index (χ2n) is 5.51. The number of hydrogen-bond donors (Lipinski definition) is 2. The zero-order valence-electron chi connectivity index (χ0n) is 10.8. The number of nitrogens with one attached hydrogen (secondary N) is 1. The first kappa shape index (κ1) is 14.4. The van der Waals surface area contributed by atoms with Gasteiger partial charge >= 0.3 is 0 Å². The Labute approximate surface area is 93.8 Å². The number of nitrogens with two attached hydrogens (primary N) is 1. The Bertz CT molecular complexity index is 194. The highest BCUT2D eigenvalue weighted by Gasteiger charge is 2.14. The third kappa shape index (κ3) is 8.43. The largest absolute Gasteiger partial charge is 0.356 e. The van der Waals surface area contributed by atoms with Gasteiger partial charge in [-0.25, -0.2) is 0 Å². The van der Waals surface area contributed by atoms with E-state index >= 15 is 0 Å². The van der Waals surface area contributed by atoms with Crippen molar-refractivity contribution in [3.63, 3.8) is 0 Å². The number of hydrogen-bond acceptors (Lipinski definition) is 2. The van der Waals surface area contributed by atoms with Gasteiger partial charge in [0.1, 0.15) is 0 Å². The Morgan fingerprint density at radius 3 is 2.27 bits per heavy atom. The Hall–Kier alpha value is -0.570. The monoisotopic (exact) mass is 214 g/mol. The highest BCUT2D eigenvalue weighted by Crippen LogP contribution is 2.09. The highest BCUT2D eigenvalue weighted by molar-refractivity contribution is 5.75. The standard InChI is InChI=1S/C12H26N2O/c1-9(2)10(3)8-14-11(15)6-7-12(4,5)13/h9-10H,6-8,13H2,1-5H3,(H,14,15). The van der Waals surface area contributed by atoms with Crippen molar-refractivity contribution in [1.82, 2.24) is 5.32 Å². The predicted octanol–water partition coefficient (Wildman–Crippen LogP) is 1.91. The molecule has 0 heterocycles. The van der Waals surface area contributed by atoms with Gasteiger partial charge in [0.05, 0.1) is 0 Å². The lowest BCUT2D eigenvalue weighted by Gasteiger charge is -2.19. The van der Waals surface area contributed by atoms with E-state index in [0.717, 1.165) is 13.0 Å². The first-order chi connectivity index (χ1) is 6.72. The minimum atomic E-state index is -0.249. The maximum Gasteiger partial charge on any atom is 0.220 e. The number of rotatable bonds is 6. The van der Waals surface area contributed by atoms with E-state index in [-0.39, 0.29) is 11.4 Å². The highest BCUT2D eigenvalue weighted by atomic mass is 16.1. The van der Waals surface area contributed by atoms with Gasteiger partial charge in [0.25, 0.3) is 0 Å². The summed E-state index contributed by atoms with van der Waals surface area (Å²) in [5.41, 5.74) is 5.56. The molecule has 1 atom stereocenters. The fourth-order valence-corrected chi connectivity index (χ4v) is 1.03. The molecule has 0 fully saturated rings. The second kappa shape index (κ2) is 6.11. The summed E-state index contributed by atoms with van der Waals surface area (Å²) in [6, 6.07) is 0. The molecular weight excluding hydrogens is 188 g/mol. The molecule has 3 nitrogen and oxygen atoms in total. The number of amides is 1. The van der Waals surface area contributed by atoms with Crippen LogP contribution in [0.3, 0.4) is 0 Å². The van der Waals surface area contributed by atoms with Gasteiger partial charge in [0, 0.05) is 18.5 Å². The van der Waals surface area contributed by atoms with Crippen LogP contribution < -0.4 is 11.1 Å². The maximum absolute atomic E-state index is 11.5. The Balaban J connectivity index is 3.67. The number of carbonyl (C=O) groups is 1. The van der Waals surface area contributed by atoms with Crippen LogP contribution in [0, 0.1) is 11.8 Å². The van der Waals surface area contributed by atoms with E-state index in [1.165, 1.54) is 0 Å². The first-order valence-electron chi connectivity index (χ1n) is 5.78. The first-order valence-corrected chi connectivity index (χ1v) is 5.78. The molecule has 3 N–H and O–H groups in total. The van der Waals surface area contributed by atoms with Gasteiger partial charge in [-0.2, -0.15) is 0 Å². The molecule has 15 heavy (non-hydrogen) atoms. The topological polar surface area (TPSA) is 55.1 Å². The Kier molecular flexibility index (Phi) is 5.88. The average Bonchev–Trinajstić information content (AvgIpc) is 2.09. The summed E-state index contributed by atoms with van der Waals surface area (Å²) in [5.74, 6) is 1.25. The third-order valence-electron chi connectivity index (χ3n) is 2.76. The summed E-state index contributed by atoms with van der Waals surface area (Å²) in [5, 5.41) is 2.94. The minimum Gasteiger partial charge on any atom is -0.356 e. The van der Waals surface area contributed by atoms with Gasteiger partial charge < -0.3 is 11.1 Å². The average molecular weight is 214 g/mol. The molecule has 0 saturated carbocycles. The summed E-state index contributed by atoms with van der Waals surface area (Å²) >= 11 is 0. The van der Waals surface area contributed by atoms with Crippen LogP contribution in [0.1, 0.15) is 47.5 Å². The van der Waals surface area contributed by atoms with Crippen LogP contribution in [0.15, 0.2) is 0 Å². The van der Waals surface area contributed by atoms with Gasteiger partial charge in [0.2, 0.25) is 5.91 Å². The zero-order chi connectivity index (χ0) is 12.1. The van der Waals surface area contributed by atoms with Crippen LogP contribution in [0.2, 0.25) is 0 Å². The van der Waals surface area contributed by atoms with Crippen molar-refractivity contribution in [3.05, 3.63) is 0 Å². The minimum absolute atomic E-state index is 0.112. The van der Waals surface area contributed by atoms with E-state index in [0.29, 0.717) is 18.3 Å². The molecule has 0 aromatic rings. The molecule has 1 unspecified atom stereocenters. The lowest BCUT2D eigenvalue weighted by Crippen LogP contribution is -2.35. The molecule has 0 aliphatic carbocycles. The summed E-state index contributed by atoms with van der Waals surface area (Å²) in [6.45, 7) is 11.1. The summed E-state index contributed by atoms with van der Waals surface area (Å²) in [6.07, 6.45) is 1.25. The van der Waals surface area contributed by atoms with Crippen LogP contribution >= 0.6 is 0 Å². The van der Waals surface area contributed by atoms with Crippen molar-refractivity contribution in [2.45, 2.75) is 53.0 Å². The van der Waals surface area contributed by atoms with Crippen LogP contribution in [0.25, 0.3) is 0 Å². The van der Waals surface area contributed by atoms with Crippen molar-refractivity contribution in [1.29, 1.82) is 0 Å². The molecule has 3 heteroatoms. The molecule has 0 saturated heterocycles. The van der Waals surface area contributed by atoms with E-state index < -0.39 is 0 Å². The van der Waals surface area contributed by atoms with Gasteiger partial charge in [-0.05, 0) is 32.1 Å². The molecule has 0 rings (SSSR count). The Morgan fingerprint density at radius 2 is 1.87 bits per heavy atom. The van der Waals surface area contributed by atoms with Crippen molar-refractivity contribution < 1.29 is 4.79 Å². The van der Waals surface area contributed by atoms with Gasteiger partial charge in [-0.1, -0.05) is 20.8 Å². The van der Waals surface area contributed by atoms with E-state index in [1.54, 1.807) is 0 Å². The fraction of sp³-hybridized carbons (Fsp3) is 0.917. The van der Waals surface area contributed by atoms with Crippen LogP contribution in [0.5, 0.6) is 0 Å². The van der Waals surface area contributed by atoms with Crippen LogP contribution in [-0.2, 0) is 4.79 Å². The summed E-state index contributed by atoms with van der Waals surface area (Å²) in [7, 11) is 0. The molecule has 0 aliphatic rings. The molecule has 0 radical (unpaired) electrons. The maximum atomic E-state index is 11.5. The summed E-state index contributed by atoms with van der Waals surface area (Å²) in [4.78, 5) is 11.5. The number of carbonyl (C=O) groups excluding carboxylic acids is 1. The van der Waals surface area contributed by atoms with Crippen molar-refractivity contribution in [3.8, 4) is 0 Å². The lowest BCUT2D eigenvalue weighted by atomic mass is 9.97. The normalized spacial score (nSPS) is 14.1. The summed E-state index contributed by atoms with van der Waals surface area (Å²) < 4.78 is 0. The predicted molar refractivity (Wildman–Crippen MR) is 64.5 cm³/mol. The molecular formula is C12H26N2O. The van der Waals surface area contributed by atoms with Gasteiger partial charge in [-0.15, -0.1) is 0 Å². The quantitative estimate of drug-likeness (QED) is 0.709. The molecule has 0 aromatic carbocycles.